The van der Waals surface area contributed by atoms with E-state index in [-0.39, 0.29) is 0 Å². The summed E-state index contributed by atoms with van der Waals surface area (Å²) in [5.41, 5.74) is 0.927. The first-order valence-electron chi connectivity index (χ1n) is 6.42. The summed E-state index contributed by atoms with van der Waals surface area (Å²) in [6.07, 6.45) is 1.92. The normalized spacial score (nSPS) is 10.8. The fourth-order valence-electron chi connectivity index (χ4n) is 2.02. The SMILES string of the molecule is BrCc1cn(CCOc2ccc3ccccc3c2)nn1. The third-order valence-corrected chi connectivity index (χ3v) is 3.61. The second-order valence-corrected chi connectivity index (χ2v) is 5.02. The number of benzene rings is 2. The van der Waals surface area contributed by atoms with Gasteiger partial charge in [-0.2, -0.15) is 0 Å². The van der Waals surface area contributed by atoms with Crippen LogP contribution in [-0.4, -0.2) is 21.6 Å². The van der Waals surface area contributed by atoms with Crippen molar-refractivity contribution >= 4 is 26.7 Å². The molecule has 1 heterocycles. The zero-order valence-corrected chi connectivity index (χ0v) is 12.5. The second kappa shape index (κ2) is 6.05. The smallest absolute Gasteiger partial charge is 0.120 e. The number of rotatable bonds is 5. The molecular formula is C15H14BrN3O. The van der Waals surface area contributed by atoms with Crippen molar-refractivity contribution in [2.45, 2.75) is 11.9 Å². The monoisotopic (exact) mass is 331 g/mol. The van der Waals surface area contributed by atoms with Crippen LogP contribution in [0.4, 0.5) is 0 Å². The van der Waals surface area contributed by atoms with Gasteiger partial charge in [0.2, 0.25) is 0 Å². The molecule has 3 aromatic rings. The van der Waals surface area contributed by atoms with Crippen LogP contribution in [0.5, 0.6) is 5.75 Å². The maximum Gasteiger partial charge on any atom is 0.120 e. The van der Waals surface area contributed by atoms with Gasteiger partial charge in [0.05, 0.1) is 12.2 Å². The fourth-order valence-corrected chi connectivity index (χ4v) is 2.28. The lowest BCUT2D eigenvalue weighted by molar-refractivity contribution is 0.290. The van der Waals surface area contributed by atoms with Crippen LogP contribution in [0.15, 0.2) is 48.7 Å². The van der Waals surface area contributed by atoms with Crippen molar-refractivity contribution in [2.24, 2.45) is 0 Å². The number of fused-ring (bicyclic) bond motifs is 1. The van der Waals surface area contributed by atoms with E-state index in [0.717, 1.165) is 16.8 Å². The zero-order valence-electron chi connectivity index (χ0n) is 10.9. The van der Waals surface area contributed by atoms with Crippen LogP contribution in [0.1, 0.15) is 5.69 Å². The zero-order chi connectivity index (χ0) is 13.8. The molecule has 2 aromatic carbocycles. The number of hydrogen-bond acceptors (Lipinski definition) is 3. The number of alkyl halides is 1. The van der Waals surface area contributed by atoms with Gasteiger partial charge in [0, 0.05) is 11.5 Å². The van der Waals surface area contributed by atoms with Gasteiger partial charge in [-0.15, -0.1) is 5.10 Å². The highest BCUT2D eigenvalue weighted by Gasteiger charge is 2.00. The van der Waals surface area contributed by atoms with E-state index in [4.69, 9.17) is 4.74 Å². The molecule has 102 valence electrons. The fraction of sp³-hybridized carbons (Fsp3) is 0.200. The number of hydrogen-bond donors (Lipinski definition) is 0. The first kappa shape index (κ1) is 13.1. The standard InChI is InChI=1S/C15H14BrN3O/c16-10-14-11-19(18-17-14)7-8-20-15-6-5-12-3-1-2-4-13(12)9-15/h1-6,9,11H,7-8,10H2. The van der Waals surface area contributed by atoms with Gasteiger partial charge < -0.3 is 4.74 Å². The van der Waals surface area contributed by atoms with Crippen LogP contribution in [0.2, 0.25) is 0 Å². The van der Waals surface area contributed by atoms with Crippen LogP contribution in [0.3, 0.4) is 0 Å². The van der Waals surface area contributed by atoms with E-state index in [9.17, 15) is 0 Å². The molecule has 20 heavy (non-hydrogen) atoms. The van der Waals surface area contributed by atoms with E-state index in [0.29, 0.717) is 13.2 Å². The molecule has 4 nitrogen and oxygen atoms in total. The van der Waals surface area contributed by atoms with Crippen molar-refractivity contribution < 1.29 is 4.74 Å². The molecule has 0 saturated heterocycles. The van der Waals surface area contributed by atoms with Crippen LogP contribution in [0, 0.1) is 0 Å². The van der Waals surface area contributed by atoms with E-state index >= 15 is 0 Å². The van der Waals surface area contributed by atoms with Gasteiger partial charge in [0.1, 0.15) is 12.4 Å². The average Bonchev–Trinajstić information content (AvgIpc) is 2.95. The van der Waals surface area contributed by atoms with E-state index in [1.54, 1.807) is 4.68 Å². The third-order valence-electron chi connectivity index (χ3n) is 3.03. The molecule has 3 rings (SSSR count). The molecule has 0 bridgehead atoms. The molecule has 0 fully saturated rings. The topological polar surface area (TPSA) is 39.9 Å². The van der Waals surface area contributed by atoms with Gasteiger partial charge in [-0.1, -0.05) is 51.5 Å². The predicted molar refractivity (Wildman–Crippen MR) is 82.1 cm³/mol. The Morgan fingerprint density at radius 3 is 2.75 bits per heavy atom. The summed E-state index contributed by atoms with van der Waals surface area (Å²) in [7, 11) is 0. The molecule has 0 N–H and O–H groups in total. The summed E-state index contributed by atoms with van der Waals surface area (Å²) in [5.74, 6) is 0.879. The number of ether oxygens (including phenoxy) is 1. The minimum absolute atomic E-state index is 0.573. The summed E-state index contributed by atoms with van der Waals surface area (Å²) >= 11 is 3.35. The highest BCUT2D eigenvalue weighted by molar-refractivity contribution is 9.08. The molecule has 0 aliphatic carbocycles. The minimum atomic E-state index is 0.573. The van der Waals surface area contributed by atoms with Crippen molar-refractivity contribution in [3.05, 3.63) is 54.4 Å². The first-order valence-corrected chi connectivity index (χ1v) is 7.54. The molecule has 0 amide bonds. The van der Waals surface area contributed by atoms with E-state index in [1.807, 2.05) is 24.4 Å². The van der Waals surface area contributed by atoms with Gasteiger partial charge in [0.25, 0.3) is 0 Å². The van der Waals surface area contributed by atoms with Crippen molar-refractivity contribution in [2.75, 3.05) is 6.61 Å². The van der Waals surface area contributed by atoms with Crippen molar-refractivity contribution in [1.82, 2.24) is 15.0 Å². The van der Waals surface area contributed by atoms with Gasteiger partial charge in [-0.05, 0) is 22.9 Å². The van der Waals surface area contributed by atoms with Crippen LogP contribution >= 0.6 is 15.9 Å². The van der Waals surface area contributed by atoms with Crippen LogP contribution < -0.4 is 4.74 Å². The van der Waals surface area contributed by atoms with Crippen LogP contribution in [-0.2, 0) is 11.9 Å². The summed E-state index contributed by atoms with van der Waals surface area (Å²) in [6.45, 7) is 1.26. The van der Waals surface area contributed by atoms with Crippen molar-refractivity contribution in [3.8, 4) is 5.75 Å². The van der Waals surface area contributed by atoms with Gasteiger partial charge >= 0.3 is 0 Å². The molecule has 0 radical (unpaired) electrons. The highest BCUT2D eigenvalue weighted by atomic mass is 79.9. The summed E-state index contributed by atoms with van der Waals surface area (Å²) < 4.78 is 7.55. The first-order chi connectivity index (χ1) is 9.85. The van der Waals surface area contributed by atoms with Gasteiger partial charge in [-0.25, -0.2) is 4.68 Å². The molecule has 5 heteroatoms. The number of halogens is 1. The largest absolute Gasteiger partial charge is 0.492 e. The quantitative estimate of drug-likeness (QED) is 0.672. The molecular weight excluding hydrogens is 318 g/mol. The molecule has 1 aromatic heterocycles. The maximum atomic E-state index is 5.76. The summed E-state index contributed by atoms with van der Waals surface area (Å²) in [5, 5.41) is 11.2. The Bertz CT molecular complexity index is 711. The lowest BCUT2D eigenvalue weighted by atomic mass is 10.1. The third kappa shape index (κ3) is 2.99. The molecule has 0 saturated carbocycles. The van der Waals surface area contributed by atoms with Crippen molar-refractivity contribution in [3.63, 3.8) is 0 Å². The molecule has 0 aliphatic heterocycles. The predicted octanol–water partition coefficient (Wildman–Crippen LogP) is 3.41. The van der Waals surface area contributed by atoms with E-state index in [2.05, 4.69) is 50.5 Å². The highest BCUT2D eigenvalue weighted by Crippen LogP contribution is 2.20. The van der Waals surface area contributed by atoms with Crippen LogP contribution in [0.25, 0.3) is 10.8 Å². The Labute approximate surface area is 125 Å². The Morgan fingerprint density at radius 1 is 1.10 bits per heavy atom. The minimum Gasteiger partial charge on any atom is -0.492 e. The lowest BCUT2D eigenvalue weighted by Gasteiger charge is -2.07. The number of nitrogens with zero attached hydrogens (tertiary/aromatic N) is 3. The van der Waals surface area contributed by atoms with Gasteiger partial charge in [0.15, 0.2) is 0 Å². The average molecular weight is 332 g/mol. The van der Waals surface area contributed by atoms with E-state index < -0.39 is 0 Å². The van der Waals surface area contributed by atoms with Gasteiger partial charge in [-0.3, -0.25) is 0 Å². The second-order valence-electron chi connectivity index (χ2n) is 4.46. The number of aromatic nitrogens is 3. The molecule has 0 atom stereocenters. The Balaban J connectivity index is 1.62. The molecule has 0 spiro atoms. The Hall–Kier alpha value is -1.88. The summed E-state index contributed by atoms with van der Waals surface area (Å²) in [4.78, 5) is 0. The Morgan fingerprint density at radius 2 is 1.95 bits per heavy atom. The van der Waals surface area contributed by atoms with E-state index in [1.165, 1.54) is 10.8 Å². The maximum absolute atomic E-state index is 5.76. The summed E-state index contributed by atoms with van der Waals surface area (Å²) in [6, 6.07) is 14.4. The molecule has 0 aliphatic rings. The molecule has 0 unspecified atom stereocenters. The lowest BCUT2D eigenvalue weighted by Crippen LogP contribution is -2.08. The Kier molecular flexibility index (Phi) is 3.97. The van der Waals surface area contributed by atoms with Crippen molar-refractivity contribution in [1.29, 1.82) is 0 Å².